The van der Waals surface area contributed by atoms with Crippen LogP contribution < -0.4 is 0 Å². The Morgan fingerprint density at radius 1 is 1.38 bits per heavy atom. The van der Waals surface area contributed by atoms with Crippen molar-refractivity contribution >= 4 is 7.68 Å². The first kappa shape index (κ1) is 13.1. The van der Waals surface area contributed by atoms with Crippen LogP contribution in [-0.2, 0) is 9.09 Å². The van der Waals surface area contributed by atoms with Crippen LogP contribution in [0.25, 0.3) is 0 Å². The lowest BCUT2D eigenvalue weighted by Gasteiger charge is -2.12. The van der Waals surface area contributed by atoms with Gasteiger partial charge in [0.25, 0.3) is 0 Å². The fourth-order valence-corrected chi connectivity index (χ4v) is 1.98. The Kier molecular flexibility index (Phi) is 6.62. The number of hydrogen-bond acceptors (Lipinski definition) is 2. The molecule has 0 unspecified atom stereocenters. The Labute approximate surface area is 80.4 Å². The van der Waals surface area contributed by atoms with Crippen molar-refractivity contribution in [3.63, 3.8) is 0 Å². The number of unbranched alkanes of at least 4 members (excludes halogenated alkanes) is 3. The minimum Gasteiger partial charge on any atom is -0.303 e. The molecule has 0 aromatic heterocycles. The highest BCUT2D eigenvalue weighted by molar-refractivity contribution is 7.52. The van der Waals surface area contributed by atoms with Crippen LogP contribution >= 0.6 is 7.68 Å². The van der Waals surface area contributed by atoms with E-state index in [2.05, 4.69) is 6.92 Å². The molecule has 0 bridgehead atoms. The van der Waals surface area contributed by atoms with E-state index in [4.69, 9.17) is 4.52 Å². The van der Waals surface area contributed by atoms with Crippen molar-refractivity contribution in [2.45, 2.75) is 52.1 Å². The zero-order valence-electron chi connectivity index (χ0n) is 8.75. The van der Waals surface area contributed by atoms with Gasteiger partial charge in [0.1, 0.15) is 0 Å². The van der Waals surface area contributed by atoms with Gasteiger partial charge in [0.2, 0.25) is 0 Å². The summed E-state index contributed by atoms with van der Waals surface area (Å²) in [7, 11) is -3.78. The normalized spacial score (nSPS) is 18.2. The summed E-state index contributed by atoms with van der Waals surface area (Å²) in [6.07, 6.45) is 5.12. The molecule has 0 fully saturated rings. The highest BCUT2D eigenvalue weighted by Gasteiger charge is 2.17. The summed E-state index contributed by atoms with van der Waals surface area (Å²) in [5.74, 6) is 0. The Balaban J connectivity index is 3.41. The van der Waals surface area contributed by atoms with E-state index >= 15 is 0 Å². The van der Waals surface area contributed by atoms with Gasteiger partial charge in [-0.2, -0.15) is 4.20 Å². The van der Waals surface area contributed by atoms with Gasteiger partial charge >= 0.3 is 7.68 Å². The van der Waals surface area contributed by atoms with Gasteiger partial charge in [-0.15, -0.1) is 0 Å². The molecule has 0 amide bonds. The number of rotatable bonds is 7. The lowest BCUT2D eigenvalue weighted by atomic mass is 10.1. The van der Waals surface area contributed by atoms with Gasteiger partial charge in [-0.25, -0.2) is 0 Å². The lowest BCUT2D eigenvalue weighted by molar-refractivity contribution is 0.195. The van der Waals surface area contributed by atoms with E-state index in [0.29, 0.717) is 0 Å². The summed E-state index contributed by atoms with van der Waals surface area (Å²) in [6.45, 7) is 4.92. The second-order valence-corrected chi connectivity index (χ2v) is 5.22. The smallest absolute Gasteiger partial charge is 0.303 e. The minimum atomic E-state index is -3.78. The first-order valence-electron chi connectivity index (χ1n) is 4.91. The van der Waals surface area contributed by atoms with Crippen LogP contribution in [0.5, 0.6) is 0 Å². The van der Waals surface area contributed by atoms with E-state index < -0.39 is 7.68 Å². The molecule has 2 nitrogen and oxygen atoms in total. The molecular weight excluding hydrogens is 190 g/mol. The van der Waals surface area contributed by atoms with Crippen LogP contribution in [0.2, 0.25) is 0 Å². The quantitative estimate of drug-likeness (QED) is 0.466. The fourth-order valence-electron chi connectivity index (χ4n) is 1.23. The molecule has 13 heavy (non-hydrogen) atoms. The molecule has 0 aliphatic carbocycles. The zero-order chi connectivity index (χ0) is 10.3. The van der Waals surface area contributed by atoms with E-state index in [0.717, 1.165) is 25.9 Å². The highest BCUT2D eigenvalue weighted by Crippen LogP contribution is 2.45. The van der Waals surface area contributed by atoms with E-state index in [1.165, 1.54) is 12.8 Å². The second-order valence-electron chi connectivity index (χ2n) is 3.51. The lowest BCUT2D eigenvalue weighted by Crippen LogP contribution is -2.04. The predicted molar refractivity (Wildman–Crippen MR) is 53.9 cm³/mol. The summed E-state index contributed by atoms with van der Waals surface area (Å²) in [4.78, 5) is 0. The molecule has 80 valence electrons. The average Bonchev–Trinajstić information content (AvgIpc) is 1.94. The molecule has 0 aromatic carbocycles. The maximum absolute atomic E-state index is 12.5. The maximum atomic E-state index is 12.5. The molecule has 4 heteroatoms. The largest absolute Gasteiger partial charge is 0.364 e. The van der Waals surface area contributed by atoms with E-state index in [-0.39, 0.29) is 6.10 Å². The van der Waals surface area contributed by atoms with E-state index in [1.807, 2.05) is 0 Å². The van der Waals surface area contributed by atoms with Crippen LogP contribution in [-0.4, -0.2) is 12.8 Å². The highest BCUT2D eigenvalue weighted by atomic mass is 31.2. The van der Waals surface area contributed by atoms with Crippen molar-refractivity contribution in [3.05, 3.63) is 0 Å². The third kappa shape index (κ3) is 10.0. The van der Waals surface area contributed by atoms with Crippen LogP contribution in [0.1, 0.15) is 46.0 Å². The summed E-state index contributed by atoms with van der Waals surface area (Å²) in [5.41, 5.74) is 0. The number of hydrogen-bond donors (Lipinski definition) is 0. The van der Waals surface area contributed by atoms with Crippen molar-refractivity contribution in [1.82, 2.24) is 0 Å². The molecule has 0 rings (SSSR count). The second kappa shape index (κ2) is 6.56. The molecule has 0 aliphatic rings. The Bertz CT molecular complexity index is 167. The molecule has 0 N–H and O–H groups in total. The third-order valence-corrected chi connectivity index (χ3v) is 2.57. The van der Waals surface area contributed by atoms with Crippen molar-refractivity contribution < 1.29 is 13.3 Å². The monoisotopic (exact) mass is 210 g/mol. The summed E-state index contributed by atoms with van der Waals surface area (Å²) in [6, 6.07) is 0. The van der Waals surface area contributed by atoms with Crippen LogP contribution in [0.3, 0.4) is 0 Å². The Morgan fingerprint density at radius 3 is 2.46 bits per heavy atom. The SMILES string of the molecule is CCCCCC[C@H](C)O[P@](C)(=O)F. The molecule has 0 heterocycles. The van der Waals surface area contributed by atoms with Gasteiger partial charge in [-0.05, 0) is 13.3 Å². The molecular formula is C9H20FO2P. The predicted octanol–water partition coefficient (Wildman–Crippen LogP) is 4.15. The first-order valence-corrected chi connectivity index (χ1v) is 6.87. The van der Waals surface area contributed by atoms with Gasteiger partial charge in [-0.3, -0.25) is 4.57 Å². The number of halogens is 1. The zero-order valence-corrected chi connectivity index (χ0v) is 9.65. The molecule has 0 aliphatic heterocycles. The molecule has 0 saturated carbocycles. The first-order chi connectivity index (χ1) is 5.95. The van der Waals surface area contributed by atoms with Crippen molar-refractivity contribution in [2.24, 2.45) is 0 Å². The summed E-state index contributed by atoms with van der Waals surface area (Å²) in [5, 5.41) is 0. The molecule has 2 atom stereocenters. The van der Waals surface area contributed by atoms with Gasteiger partial charge in [0, 0.05) is 6.66 Å². The fraction of sp³-hybridized carbons (Fsp3) is 1.00. The Hall–Kier alpha value is 0.120. The van der Waals surface area contributed by atoms with Crippen molar-refractivity contribution in [2.75, 3.05) is 6.66 Å². The Morgan fingerprint density at radius 2 is 2.00 bits per heavy atom. The standard InChI is InChI=1S/C9H20FO2P/c1-4-5-6-7-8-9(2)12-13(3,10)11/h9H,4-8H2,1-3H3/t9-,13-/m0/s1. The van der Waals surface area contributed by atoms with Gasteiger partial charge in [-0.1, -0.05) is 32.6 Å². The van der Waals surface area contributed by atoms with Crippen LogP contribution in [0.4, 0.5) is 4.20 Å². The summed E-state index contributed by atoms with van der Waals surface area (Å²) < 4.78 is 27.9. The van der Waals surface area contributed by atoms with Crippen LogP contribution in [0, 0.1) is 0 Å². The minimum absolute atomic E-state index is 0.224. The topological polar surface area (TPSA) is 26.3 Å². The van der Waals surface area contributed by atoms with Gasteiger partial charge in [0.15, 0.2) is 0 Å². The van der Waals surface area contributed by atoms with Gasteiger partial charge < -0.3 is 4.52 Å². The average molecular weight is 210 g/mol. The van der Waals surface area contributed by atoms with Crippen molar-refractivity contribution in [1.29, 1.82) is 0 Å². The van der Waals surface area contributed by atoms with E-state index in [1.54, 1.807) is 6.92 Å². The molecule has 0 saturated heterocycles. The maximum Gasteiger partial charge on any atom is 0.364 e. The molecule has 0 spiro atoms. The molecule has 0 aromatic rings. The van der Waals surface area contributed by atoms with Gasteiger partial charge in [0.05, 0.1) is 6.10 Å². The van der Waals surface area contributed by atoms with Crippen LogP contribution in [0.15, 0.2) is 0 Å². The third-order valence-electron chi connectivity index (χ3n) is 1.83. The summed E-state index contributed by atoms with van der Waals surface area (Å²) >= 11 is 0. The van der Waals surface area contributed by atoms with E-state index in [9.17, 15) is 8.76 Å². The molecule has 0 radical (unpaired) electrons. The van der Waals surface area contributed by atoms with Crippen molar-refractivity contribution in [3.8, 4) is 0 Å².